The van der Waals surface area contributed by atoms with E-state index in [-0.39, 0.29) is 49.4 Å². The molecule has 5 aromatic carbocycles. The van der Waals surface area contributed by atoms with Gasteiger partial charge in [-0.05, 0) is 228 Å². The molecule has 13 aliphatic rings. The molecule has 6 aliphatic carbocycles. The second kappa shape index (κ2) is 34.3. The van der Waals surface area contributed by atoms with Gasteiger partial charge in [0.2, 0.25) is 0 Å². The molecule has 10 aromatic heterocycles. The van der Waals surface area contributed by atoms with Crippen LogP contribution in [-0.4, -0.2) is 0 Å². The van der Waals surface area contributed by atoms with Crippen LogP contribution in [0.2, 0.25) is 0 Å². The van der Waals surface area contributed by atoms with Gasteiger partial charge in [0.15, 0.2) is 0 Å². The first-order chi connectivity index (χ1) is 63.8. The van der Waals surface area contributed by atoms with Crippen LogP contribution in [0.3, 0.4) is 0 Å². The molecule has 698 valence electrons. The first kappa shape index (κ1) is 91.7. The van der Waals surface area contributed by atoms with E-state index >= 15 is 0 Å². The molecule has 132 heavy (non-hydrogen) atoms. The number of anilines is 5. The van der Waals surface area contributed by atoms with Crippen molar-refractivity contribution in [3.63, 3.8) is 0 Å². The zero-order valence-electron chi connectivity index (χ0n) is 83.7. The first-order valence-electron chi connectivity index (χ1n) is 50.5. The molecule has 0 radical (unpaired) electrons. The van der Waals surface area contributed by atoms with Gasteiger partial charge in [0, 0.05) is 67.1 Å². The van der Waals surface area contributed by atoms with Crippen LogP contribution in [0.1, 0.15) is 324 Å². The topological polar surface area (TPSA) is 148 Å². The molecule has 4 bridgehead atoms. The molecule has 0 saturated heterocycles. The standard InChI is InChI=1S/C24H25NO2.2C22H25NO2.C20H21NO2.C19H19NO2.5C2H6/c1-14-4-2-3-5-20(14)25-13-21-22(19-6-7-26-23(19)27-21)24(25)17-9-15-8-16(11-17)12-18(24)10-15;2*1-13-8-7-9-15-18(13)23-12-16-17(14-10-11-24-19(14)25-16)22(23,6)21(4,5)20(15,2)3;1-14-7-3-4-8-16(14)21-13-17-18(15-9-12-22-19(15)23-17)20(21)10-5-2-6-11-20;1-13-6-2-3-7-15(13)20-12-16-17(19(20)9-4-5-10-19)14-8-11-21-18(14)22-16;5*1-2/h2-7,15-18H,8-13H2,1H3;2*7-11H,12H2,1-6H3;3-4,7-9,12H,2,5-6,10-11,13H2,1H3;2-3,6-8,11H,4-5,9-10,12H2,1H3;5*1-2H3. The third kappa shape index (κ3) is 12.9. The lowest BCUT2D eigenvalue weighted by Crippen LogP contribution is -2.61. The van der Waals surface area contributed by atoms with Gasteiger partial charge in [-0.2, -0.15) is 0 Å². The Labute approximate surface area is 783 Å². The SMILES string of the molecule is CC.CC.CC.CC.CC.Cc1cccc2c1N1Cc3oc4occc4c3C1(C)C(C)(C)C2(C)C.Cc1cccc2c1N1Cc3oc4occc4c3C1(C)C(C)(C)C2(C)C.Cc1ccccc1N1Cc2oc3occc3c2C12C1CC3CC(C1)CC2C3.Cc1ccccc1N1Cc2oc3occc3c2C12CCCC2.Cc1ccccc1N1Cc2oc3occc3c2C12CCCCC2. The average Bonchev–Trinajstić information content (AvgIpc) is 1.41. The van der Waals surface area contributed by atoms with Gasteiger partial charge in [-0.15, -0.1) is 0 Å². The van der Waals surface area contributed by atoms with Crippen molar-refractivity contribution >= 4 is 84.3 Å². The summed E-state index contributed by atoms with van der Waals surface area (Å²) >= 11 is 0. The number of hydrogen-bond acceptors (Lipinski definition) is 15. The Morgan fingerprint density at radius 2 is 0.545 bits per heavy atom. The molecule has 6 fully saturated rings. The summed E-state index contributed by atoms with van der Waals surface area (Å²) in [4.78, 5) is 13.1. The molecule has 6 saturated carbocycles. The minimum atomic E-state index is -0.153. The van der Waals surface area contributed by atoms with Crippen molar-refractivity contribution in [2.24, 2.45) is 34.5 Å². The van der Waals surface area contributed by atoms with Crippen LogP contribution in [0.5, 0.6) is 0 Å². The Bertz CT molecular complexity index is 6460. The normalized spacial score (nSPS) is 24.1. The zero-order chi connectivity index (χ0) is 93.5. The van der Waals surface area contributed by atoms with Crippen molar-refractivity contribution in [1.82, 2.24) is 0 Å². The van der Waals surface area contributed by atoms with Crippen LogP contribution in [0.15, 0.2) is 215 Å². The Balaban J connectivity index is 0.000000108. The molecule has 15 nitrogen and oxygen atoms in total. The van der Waals surface area contributed by atoms with E-state index in [4.69, 9.17) is 44.2 Å². The van der Waals surface area contributed by atoms with E-state index in [1.54, 1.807) is 31.3 Å². The van der Waals surface area contributed by atoms with E-state index in [0.717, 1.165) is 102 Å². The lowest BCUT2D eigenvalue weighted by atomic mass is 9.47. The van der Waals surface area contributed by atoms with E-state index in [1.165, 1.54) is 201 Å². The predicted octanol–water partition coefficient (Wildman–Crippen LogP) is 33.5. The lowest BCUT2D eigenvalue weighted by Gasteiger charge is -2.63. The van der Waals surface area contributed by atoms with Gasteiger partial charge >= 0.3 is 0 Å². The average molecular weight is 1780 g/mol. The second-order valence-corrected chi connectivity index (χ2v) is 40.9. The van der Waals surface area contributed by atoms with Crippen molar-refractivity contribution in [2.75, 3.05) is 24.5 Å². The van der Waals surface area contributed by atoms with Crippen LogP contribution in [0.25, 0.3) is 55.8 Å². The van der Waals surface area contributed by atoms with E-state index in [2.05, 4.69) is 268 Å². The predicted molar refractivity (Wildman–Crippen MR) is 538 cm³/mol. The highest BCUT2D eigenvalue weighted by atomic mass is 16.5. The number of rotatable bonds is 3. The van der Waals surface area contributed by atoms with Crippen molar-refractivity contribution in [3.8, 4) is 0 Å². The van der Waals surface area contributed by atoms with Crippen molar-refractivity contribution in [2.45, 2.75) is 334 Å². The molecule has 0 amide bonds. The summed E-state index contributed by atoms with van der Waals surface area (Å²) in [6, 6.07) is 50.2. The summed E-state index contributed by atoms with van der Waals surface area (Å²) in [6.45, 7) is 59.2. The van der Waals surface area contributed by atoms with Crippen LogP contribution in [0, 0.1) is 69.1 Å². The third-order valence-corrected chi connectivity index (χ3v) is 35.0. The van der Waals surface area contributed by atoms with Gasteiger partial charge in [0.25, 0.3) is 28.9 Å². The number of aryl methyl sites for hydroxylation is 5. The van der Waals surface area contributed by atoms with E-state index < -0.39 is 0 Å². The fourth-order valence-electron chi connectivity index (χ4n) is 27.8. The minimum absolute atomic E-state index is 0.000116. The molecular weight excluding hydrogens is 1640 g/mol. The minimum Gasteiger partial charge on any atom is -0.433 e. The van der Waals surface area contributed by atoms with Gasteiger partial charge in [-0.25, -0.2) is 0 Å². The number of furan rings is 10. The fraction of sp³-hybridized carbons (Fsp3) is 0.487. The summed E-state index contributed by atoms with van der Waals surface area (Å²) in [5.41, 5.74) is 23.3. The maximum absolute atomic E-state index is 6.26. The number of fused-ring (bicyclic) bond motifs is 25. The van der Waals surface area contributed by atoms with Crippen LogP contribution in [0.4, 0.5) is 28.4 Å². The van der Waals surface area contributed by atoms with E-state index in [9.17, 15) is 0 Å². The first-order valence-corrected chi connectivity index (χ1v) is 50.5. The van der Waals surface area contributed by atoms with Crippen molar-refractivity contribution < 1.29 is 44.2 Å². The molecule has 2 atom stereocenters. The third-order valence-electron chi connectivity index (χ3n) is 35.0. The van der Waals surface area contributed by atoms with E-state index in [1.807, 2.05) is 69.2 Å². The summed E-state index contributed by atoms with van der Waals surface area (Å²) in [5, 5.41) is 5.83. The molecular formula is C117H145N5O10. The highest BCUT2D eigenvalue weighted by Crippen LogP contribution is 2.72. The van der Waals surface area contributed by atoms with Crippen LogP contribution < -0.4 is 24.5 Å². The molecule has 15 heteroatoms. The molecule has 2 unspecified atom stereocenters. The van der Waals surface area contributed by atoms with Gasteiger partial charge < -0.3 is 68.7 Å². The van der Waals surface area contributed by atoms with Crippen LogP contribution >= 0.6 is 0 Å². The van der Waals surface area contributed by atoms with Crippen molar-refractivity contribution in [1.29, 1.82) is 0 Å². The molecule has 0 N–H and O–H groups in total. The quantitative estimate of drug-likeness (QED) is 0.165. The summed E-state index contributed by atoms with van der Waals surface area (Å²) < 4.78 is 58.4. The van der Waals surface area contributed by atoms with Crippen molar-refractivity contribution in [3.05, 3.63) is 266 Å². The monoisotopic (exact) mass is 1780 g/mol. The Morgan fingerprint density at radius 1 is 0.273 bits per heavy atom. The summed E-state index contributed by atoms with van der Waals surface area (Å²) in [6.07, 6.45) is 27.1. The maximum atomic E-state index is 6.26. The number of benzene rings is 5. The lowest BCUT2D eigenvalue weighted by molar-refractivity contribution is -0.0581. The Hall–Kier alpha value is -10.8. The number of para-hydroxylation sites is 5. The summed E-state index contributed by atoms with van der Waals surface area (Å²) in [7, 11) is 0. The zero-order valence-corrected chi connectivity index (χ0v) is 83.7. The number of hydrogen-bond donors (Lipinski definition) is 0. The molecule has 7 aliphatic heterocycles. The van der Waals surface area contributed by atoms with Gasteiger partial charge in [0.1, 0.15) is 28.8 Å². The highest BCUT2D eigenvalue weighted by molar-refractivity contribution is 5.89. The van der Waals surface area contributed by atoms with E-state index in [0.29, 0.717) is 23.1 Å². The molecule has 15 aromatic rings. The van der Waals surface area contributed by atoms with Crippen LogP contribution in [-0.2, 0) is 71.2 Å². The maximum Gasteiger partial charge on any atom is 0.297 e. The molecule has 28 rings (SSSR count). The molecule has 3 spiro atoms. The largest absolute Gasteiger partial charge is 0.433 e. The Kier molecular flexibility index (Phi) is 23.8. The van der Waals surface area contributed by atoms with Gasteiger partial charge in [-0.1, -0.05) is 248 Å². The van der Waals surface area contributed by atoms with Gasteiger partial charge in [-0.3, -0.25) is 0 Å². The molecule has 17 heterocycles. The smallest absolute Gasteiger partial charge is 0.297 e. The van der Waals surface area contributed by atoms with Gasteiger partial charge in [0.05, 0.1) is 119 Å². The second-order valence-electron chi connectivity index (χ2n) is 40.9. The Morgan fingerprint density at radius 3 is 0.886 bits per heavy atom. The highest BCUT2D eigenvalue weighted by Gasteiger charge is 2.68. The number of nitrogens with zero attached hydrogens (tertiary/aromatic N) is 5. The summed E-state index contributed by atoms with van der Waals surface area (Å²) in [5.74, 6) is 12.3. The fourth-order valence-corrected chi connectivity index (χ4v) is 27.8.